The van der Waals surface area contributed by atoms with E-state index in [0.29, 0.717) is 19.4 Å². The monoisotopic (exact) mass is 331 g/mol. The van der Waals surface area contributed by atoms with E-state index in [4.69, 9.17) is 4.74 Å². The van der Waals surface area contributed by atoms with Crippen LogP contribution in [0.3, 0.4) is 0 Å². The molecule has 2 aliphatic heterocycles. The fourth-order valence-electron chi connectivity index (χ4n) is 3.24. The maximum absolute atomic E-state index is 12.3. The van der Waals surface area contributed by atoms with Gasteiger partial charge in [-0.05, 0) is 12.0 Å². The molecule has 2 heterocycles. The van der Waals surface area contributed by atoms with Gasteiger partial charge >= 0.3 is 6.09 Å². The van der Waals surface area contributed by atoms with E-state index in [1.165, 1.54) is 5.56 Å². The molecule has 24 heavy (non-hydrogen) atoms. The minimum atomic E-state index is -0.290. The zero-order chi connectivity index (χ0) is 16.9. The minimum Gasteiger partial charge on any atom is -0.444 e. The van der Waals surface area contributed by atoms with Crippen molar-refractivity contribution >= 4 is 12.0 Å². The standard InChI is InChI=1S/C18H25N3O3/c1-19-14-16(24-18(19)23)7-8-17(22)21-11-9-20(10-12-21)13-15-5-3-2-4-6-15/h2-6,16H,7-14H2,1H3. The number of benzene rings is 1. The number of nitrogens with zero attached hydrogens (tertiary/aromatic N) is 3. The average Bonchev–Trinajstić information content (AvgIpc) is 2.92. The third kappa shape index (κ3) is 4.26. The van der Waals surface area contributed by atoms with E-state index in [1.54, 1.807) is 11.9 Å². The van der Waals surface area contributed by atoms with Crippen LogP contribution in [0.25, 0.3) is 0 Å². The van der Waals surface area contributed by atoms with Crippen LogP contribution in [0.4, 0.5) is 4.79 Å². The second-order valence-electron chi connectivity index (χ2n) is 6.57. The normalized spacial score (nSPS) is 21.9. The summed E-state index contributed by atoms with van der Waals surface area (Å²) in [5.41, 5.74) is 1.31. The highest BCUT2D eigenvalue weighted by Gasteiger charge is 2.29. The highest BCUT2D eigenvalue weighted by molar-refractivity contribution is 5.76. The molecule has 2 amide bonds. The van der Waals surface area contributed by atoms with Crippen LogP contribution < -0.4 is 0 Å². The fourth-order valence-corrected chi connectivity index (χ4v) is 3.24. The van der Waals surface area contributed by atoms with Crippen molar-refractivity contribution < 1.29 is 14.3 Å². The third-order valence-electron chi connectivity index (χ3n) is 4.71. The molecule has 2 aliphatic rings. The second kappa shape index (κ2) is 7.66. The van der Waals surface area contributed by atoms with Gasteiger partial charge in [0.2, 0.25) is 5.91 Å². The Hall–Kier alpha value is -2.08. The highest BCUT2D eigenvalue weighted by atomic mass is 16.6. The largest absolute Gasteiger partial charge is 0.444 e. The van der Waals surface area contributed by atoms with Gasteiger partial charge in [0, 0.05) is 46.2 Å². The number of hydrogen-bond acceptors (Lipinski definition) is 4. The van der Waals surface area contributed by atoms with Crippen molar-refractivity contribution in [2.45, 2.75) is 25.5 Å². The molecular weight excluding hydrogens is 306 g/mol. The lowest BCUT2D eigenvalue weighted by Gasteiger charge is -2.35. The molecule has 2 saturated heterocycles. The first kappa shape index (κ1) is 16.8. The lowest BCUT2D eigenvalue weighted by atomic mass is 10.1. The highest BCUT2D eigenvalue weighted by Crippen LogP contribution is 2.15. The molecule has 6 nitrogen and oxygen atoms in total. The van der Waals surface area contributed by atoms with Crippen LogP contribution in [0.1, 0.15) is 18.4 Å². The van der Waals surface area contributed by atoms with Crippen molar-refractivity contribution in [2.24, 2.45) is 0 Å². The number of piperazine rings is 1. The third-order valence-corrected chi connectivity index (χ3v) is 4.71. The maximum Gasteiger partial charge on any atom is 0.409 e. The van der Waals surface area contributed by atoms with Crippen molar-refractivity contribution in [3.8, 4) is 0 Å². The van der Waals surface area contributed by atoms with Crippen LogP contribution in [0.5, 0.6) is 0 Å². The van der Waals surface area contributed by atoms with E-state index < -0.39 is 0 Å². The first-order chi connectivity index (χ1) is 11.6. The molecule has 1 aromatic carbocycles. The van der Waals surface area contributed by atoms with Gasteiger partial charge < -0.3 is 14.5 Å². The van der Waals surface area contributed by atoms with Crippen molar-refractivity contribution in [3.63, 3.8) is 0 Å². The number of carbonyl (C=O) groups excluding carboxylic acids is 2. The number of carbonyl (C=O) groups is 2. The summed E-state index contributed by atoms with van der Waals surface area (Å²) in [6, 6.07) is 10.4. The Labute approximate surface area is 143 Å². The number of likely N-dealkylation sites (N-methyl/N-ethyl adjacent to an activating group) is 1. The predicted octanol–water partition coefficient (Wildman–Crippen LogP) is 1.56. The molecule has 1 aromatic rings. The number of amides is 2. The molecule has 0 N–H and O–H groups in total. The van der Waals surface area contributed by atoms with Crippen LogP contribution in [0, 0.1) is 0 Å². The fraction of sp³-hybridized carbons (Fsp3) is 0.556. The molecule has 130 valence electrons. The van der Waals surface area contributed by atoms with Gasteiger partial charge in [-0.2, -0.15) is 0 Å². The molecule has 0 radical (unpaired) electrons. The quantitative estimate of drug-likeness (QED) is 0.822. The Morgan fingerprint density at radius 3 is 2.50 bits per heavy atom. The summed E-state index contributed by atoms with van der Waals surface area (Å²) in [5.74, 6) is 0.167. The van der Waals surface area contributed by atoms with Gasteiger partial charge in [0.15, 0.2) is 0 Å². The SMILES string of the molecule is CN1CC(CCC(=O)N2CCN(Cc3ccccc3)CC2)OC1=O. The molecule has 0 saturated carbocycles. The van der Waals surface area contributed by atoms with Crippen LogP contribution in [0.2, 0.25) is 0 Å². The summed E-state index contributed by atoms with van der Waals surface area (Å²) in [6.07, 6.45) is 0.622. The van der Waals surface area contributed by atoms with Crippen LogP contribution in [-0.2, 0) is 16.1 Å². The predicted molar refractivity (Wildman–Crippen MR) is 90.4 cm³/mol. The lowest BCUT2D eigenvalue weighted by molar-refractivity contribution is -0.133. The second-order valence-corrected chi connectivity index (χ2v) is 6.57. The van der Waals surface area contributed by atoms with Crippen LogP contribution >= 0.6 is 0 Å². The Morgan fingerprint density at radius 2 is 1.88 bits per heavy atom. The lowest BCUT2D eigenvalue weighted by Crippen LogP contribution is -2.48. The Morgan fingerprint density at radius 1 is 1.17 bits per heavy atom. The zero-order valence-electron chi connectivity index (χ0n) is 14.2. The topological polar surface area (TPSA) is 53.1 Å². The average molecular weight is 331 g/mol. The smallest absolute Gasteiger partial charge is 0.409 e. The van der Waals surface area contributed by atoms with E-state index in [2.05, 4.69) is 29.2 Å². The number of hydrogen-bond donors (Lipinski definition) is 0. The molecule has 6 heteroatoms. The van der Waals surface area contributed by atoms with Gasteiger partial charge in [-0.1, -0.05) is 30.3 Å². The molecule has 3 rings (SSSR count). The maximum atomic E-state index is 12.3. The minimum absolute atomic E-state index is 0.147. The van der Waals surface area contributed by atoms with Gasteiger partial charge in [-0.25, -0.2) is 4.79 Å². The van der Waals surface area contributed by atoms with Gasteiger partial charge in [0.05, 0.1) is 6.54 Å². The van der Waals surface area contributed by atoms with Gasteiger partial charge in [0.25, 0.3) is 0 Å². The Balaban J connectivity index is 1.38. The molecule has 0 aliphatic carbocycles. The molecule has 1 unspecified atom stereocenters. The first-order valence-electron chi connectivity index (χ1n) is 8.57. The summed E-state index contributed by atoms with van der Waals surface area (Å²) in [4.78, 5) is 29.5. The summed E-state index contributed by atoms with van der Waals surface area (Å²) < 4.78 is 5.20. The molecule has 0 spiro atoms. The van der Waals surface area contributed by atoms with Crippen molar-refractivity contribution in [3.05, 3.63) is 35.9 Å². The van der Waals surface area contributed by atoms with Crippen LogP contribution in [0.15, 0.2) is 30.3 Å². The molecule has 2 fully saturated rings. The molecular formula is C18H25N3O3. The molecule has 0 bridgehead atoms. The first-order valence-corrected chi connectivity index (χ1v) is 8.57. The van der Waals surface area contributed by atoms with E-state index in [1.807, 2.05) is 11.0 Å². The Bertz CT molecular complexity index is 570. The van der Waals surface area contributed by atoms with Crippen LogP contribution in [-0.4, -0.2) is 72.6 Å². The van der Waals surface area contributed by atoms with Gasteiger partial charge in [-0.3, -0.25) is 9.69 Å². The van der Waals surface area contributed by atoms with E-state index in [0.717, 1.165) is 32.7 Å². The number of ether oxygens (including phenoxy) is 1. The van der Waals surface area contributed by atoms with E-state index in [9.17, 15) is 9.59 Å². The van der Waals surface area contributed by atoms with Gasteiger partial charge in [0.1, 0.15) is 6.10 Å². The van der Waals surface area contributed by atoms with Crippen molar-refractivity contribution in [1.82, 2.24) is 14.7 Å². The van der Waals surface area contributed by atoms with Gasteiger partial charge in [-0.15, -0.1) is 0 Å². The Kier molecular flexibility index (Phi) is 5.35. The van der Waals surface area contributed by atoms with E-state index >= 15 is 0 Å². The number of cyclic esters (lactones) is 1. The zero-order valence-corrected chi connectivity index (χ0v) is 14.2. The van der Waals surface area contributed by atoms with Crippen molar-refractivity contribution in [2.75, 3.05) is 39.8 Å². The molecule has 1 atom stereocenters. The number of rotatable bonds is 5. The molecule has 0 aromatic heterocycles. The van der Waals surface area contributed by atoms with E-state index in [-0.39, 0.29) is 18.1 Å². The summed E-state index contributed by atoms with van der Waals surface area (Å²) in [7, 11) is 1.72. The summed E-state index contributed by atoms with van der Waals surface area (Å²) >= 11 is 0. The van der Waals surface area contributed by atoms with Crippen molar-refractivity contribution in [1.29, 1.82) is 0 Å². The summed E-state index contributed by atoms with van der Waals surface area (Å²) in [6.45, 7) is 4.87. The summed E-state index contributed by atoms with van der Waals surface area (Å²) in [5, 5.41) is 0.